The van der Waals surface area contributed by atoms with Crippen molar-refractivity contribution >= 4 is 5.97 Å². The lowest BCUT2D eigenvalue weighted by atomic mass is 9.97. The second kappa shape index (κ2) is 7.93. The number of carbonyl (C=O) groups is 1. The largest absolute Gasteiger partial charge is 0.480 e. The molecule has 2 atom stereocenters. The summed E-state index contributed by atoms with van der Waals surface area (Å²) in [7, 11) is 0. The second-order valence-corrected chi connectivity index (χ2v) is 6.95. The second-order valence-electron chi connectivity index (χ2n) is 6.95. The molecule has 4 heteroatoms. The molecule has 0 bridgehead atoms. The summed E-state index contributed by atoms with van der Waals surface area (Å²) >= 11 is 0. The zero-order valence-corrected chi connectivity index (χ0v) is 14.8. The number of hydrogen-bond acceptors (Lipinski definition) is 3. The molecule has 1 heterocycles. The topological polar surface area (TPSA) is 43.8 Å². The molecule has 128 valence electrons. The molecule has 1 aliphatic heterocycles. The Bertz CT molecular complexity index is 513. The molecule has 0 aliphatic carbocycles. The number of nitrogens with zero attached hydrogens (tertiary/aromatic N) is 2. The minimum Gasteiger partial charge on any atom is -0.480 e. The maximum absolute atomic E-state index is 11.9. The number of benzene rings is 1. The van der Waals surface area contributed by atoms with E-state index < -0.39 is 12.0 Å². The summed E-state index contributed by atoms with van der Waals surface area (Å²) in [6.07, 6.45) is 1.14. The first-order chi connectivity index (χ1) is 10.9. The van der Waals surface area contributed by atoms with Crippen LogP contribution in [-0.4, -0.2) is 53.1 Å². The lowest BCUT2D eigenvalue weighted by Gasteiger charge is -2.42. The molecule has 1 fully saturated rings. The fourth-order valence-electron chi connectivity index (χ4n) is 3.49. The standard InChI is InChI=1S/C19H30N2O2/c1-5-10-20-11-12-21(15(4)13-20)18(19(22)23)17-8-6-16(7-9-17)14(2)3/h6-9,14-15,18H,5,10-13H2,1-4H3,(H,22,23). The highest BCUT2D eigenvalue weighted by atomic mass is 16.4. The first-order valence-electron chi connectivity index (χ1n) is 8.74. The van der Waals surface area contributed by atoms with Crippen LogP contribution in [0, 0.1) is 0 Å². The van der Waals surface area contributed by atoms with Crippen molar-refractivity contribution in [1.29, 1.82) is 0 Å². The molecule has 0 aromatic heterocycles. The number of carboxylic acid groups (broad SMARTS) is 1. The highest BCUT2D eigenvalue weighted by molar-refractivity contribution is 5.75. The summed E-state index contributed by atoms with van der Waals surface area (Å²) in [5.41, 5.74) is 2.14. The molecule has 1 saturated heterocycles. The van der Waals surface area contributed by atoms with Crippen LogP contribution in [-0.2, 0) is 4.79 Å². The van der Waals surface area contributed by atoms with Gasteiger partial charge in [-0.25, -0.2) is 0 Å². The predicted octanol–water partition coefficient (Wildman–Crippen LogP) is 3.35. The average Bonchev–Trinajstić information content (AvgIpc) is 2.50. The third kappa shape index (κ3) is 4.33. The van der Waals surface area contributed by atoms with E-state index >= 15 is 0 Å². The zero-order chi connectivity index (χ0) is 17.0. The van der Waals surface area contributed by atoms with E-state index in [1.807, 2.05) is 12.1 Å². The van der Waals surface area contributed by atoms with Crippen molar-refractivity contribution in [2.24, 2.45) is 0 Å². The van der Waals surface area contributed by atoms with Gasteiger partial charge in [0.05, 0.1) is 0 Å². The van der Waals surface area contributed by atoms with E-state index in [9.17, 15) is 9.90 Å². The van der Waals surface area contributed by atoms with E-state index in [2.05, 4.69) is 49.6 Å². The number of piperazine rings is 1. The SMILES string of the molecule is CCCN1CCN(C(C(=O)O)c2ccc(C(C)C)cc2)C(C)C1. The smallest absolute Gasteiger partial charge is 0.325 e. The quantitative estimate of drug-likeness (QED) is 0.873. The predicted molar refractivity (Wildman–Crippen MR) is 93.8 cm³/mol. The Morgan fingerprint density at radius 3 is 2.30 bits per heavy atom. The molecule has 0 amide bonds. The molecule has 2 unspecified atom stereocenters. The molecule has 0 spiro atoms. The van der Waals surface area contributed by atoms with Crippen LogP contribution in [0.15, 0.2) is 24.3 Å². The van der Waals surface area contributed by atoms with Gasteiger partial charge in [0.15, 0.2) is 0 Å². The average molecular weight is 318 g/mol. The van der Waals surface area contributed by atoms with E-state index in [4.69, 9.17) is 0 Å². The monoisotopic (exact) mass is 318 g/mol. The molecule has 23 heavy (non-hydrogen) atoms. The van der Waals surface area contributed by atoms with Crippen molar-refractivity contribution in [2.75, 3.05) is 26.2 Å². The van der Waals surface area contributed by atoms with Crippen molar-refractivity contribution in [1.82, 2.24) is 9.80 Å². The van der Waals surface area contributed by atoms with Crippen LogP contribution >= 0.6 is 0 Å². The van der Waals surface area contributed by atoms with Gasteiger partial charge < -0.3 is 10.0 Å². The zero-order valence-electron chi connectivity index (χ0n) is 14.8. The number of hydrogen-bond donors (Lipinski definition) is 1. The van der Waals surface area contributed by atoms with Crippen molar-refractivity contribution < 1.29 is 9.90 Å². The highest BCUT2D eigenvalue weighted by Gasteiger charge is 2.34. The lowest BCUT2D eigenvalue weighted by Crippen LogP contribution is -2.54. The highest BCUT2D eigenvalue weighted by Crippen LogP contribution is 2.27. The van der Waals surface area contributed by atoms with Gasteiger partial charge in [0, 0.05) is 25.7 Å². The fraction of sp³-hybridized carbons (Fsp3) is 0.632. The third-order valence-electron chi connectivity index (χ3n) is 4.79. The van der Waals surface area contributed by atoms with E-state index in [1.54, 1.807) is 0 Å². The summed E-state index contributed by atoms with van der Waals surface area (Å²) in [5.74, 6) is -0.290. The molecular weight excluding hydrogens is 288 g/mol. The summed E-state index contributed by atoms with van der Waals surface area (Å²) in [6, 6.07) is 7.80. The summed E-state index contributed by atoms with van der Waals surface area (Å²) in [5, 5.41) is 9.79. The van der Waals surface area contributed by atoms with Crippen LogP contribution in [0.4, 0.5) is 0 Å². The first-order valence-corrected chi connectivity index (χ1v) is 8.74. The Morgan fingerprint density at radius 2 is 1.83 bits per heavy atom. The maximum Gasteiger partial charge on any atom is 0.325 e. The minimum absolute atomic E-state index is 0.251. The molecule has 1 aromatic carbocycles. The normalized spacial score (nSPS) is 21.5. The molecule has 1 aliphatic rings. The van der Waals surface area contributed by atoms with E-state index in [-0.39, 0.29) is 6.04 Å². The Balaban J connectivity index is 2.17. The minimum atomic E-state index is -0.752. The Labute approximate surface area is 140 Å². The first kappa shape index (κ1) is 18.0. The van der Waals surface area contributed by atoms with Gasteiger partial charge in [0.1, 0.15) is 6.04 Å². The maximum atomic E-state index is 11.9. The van der Waals surface area contributed by atoms with Gasteiger partial charge in [0.2, 0.25) is 0 Å². The van der Waals surface area contributed by atoms with Gasteiger partial charge in [-0.1, -0.05) is 45.0 Å². The van der Waals surface area contributed by atoms with E-state index in [1.165, 1.54) is 5.56 Å². The van der Waals surface area contributed by atoms with Gasteiger partial charge in [-0.05, 0) is 36.9 Å². The molecule has 2 rings (SSSR count). The van der Waals surface area contributed by atoms with Gasteiger partial charge in [0.25, 0.3) is 0 Å². The van der Waals surface area contributed by atoms with E-state index in [0.29, 0.717) is 5.92 Å². The van der Waals surface area contributed by atoms with Gasteiger partial charge >= 0.3 is 5.97 Å². The number of rotatable bonds is 6. The van der Waals surface area contributed by atoms with Crippen molar-refractivity contribution in [3.63, 3.8) is 0 Å². The third-order valence-corrected chi connectivity index (χ3v) is 4.79. The molecular formula is C19H30N2O2. The molecule has 1 N–H and O–H groups in total. The Kier molecular flexibility index (Phi) is 6.19. The number of aliphatic carboxylic acids is 1. The van der Waals surface area contributed by atoms with Gasteiger partial charge in [-0.3, -0.25) is 9.69 Å². The molecule has 0 radical (unpaired) electrons. The summed E-state index contributed by atoms with van der Waals surface area (Å²) in [4.78, 5) is 16.5. The summed E-state index contributed by atoms with van der Waals surface area (Å²) in [6.45, 7) is 12.4. The van der Waals surface area contributed by atoms with Crippen LogP contribution in [0.3, 0.4) is 0 Å². The Morgan fingerprint density at radius 1 is 1.22 bits per heavy atom. The van der Waals surface area contributed by atoms with Crippen LogP contribution < -0.4 is 0 Å². The van der Waals surface area contributed by atoms with Crippen LogP contribution in [0.2, 0.25) is 0 Å². The van der Waals surface area contributed by atoms with Crippen LogP contribution in [0.1, 0.15) is 57.2 Å². The van der Waals surface area contributed by atoms with Crippen molar-refractivity contribution in [2.45, 2.75) is 52.1 Å². The number of carboxylic acids is 1. The van der Waals surface area contributed by atoms with Gasteiger partial charge in [-0.2, -0.15) is 0 Å². The summed E-state index contributed by atoms with van der Waals surface area (Å²) < 4.78 is 0. The van der Waals surface area contributed by atoms with E-state index in [0.717, 1.165) is 38.2 Å². The van der Waals surface area contributed by atoms with Crippen LogP contribution in [0.5, 0.6) is 0 Å². The molecule has 1 aromatic rings. The Hall–Kier alpha value is -1.39. The van der Waals surface area contributed by atoms with Crippen LogP contribution in [0.25, 0.3) is 0 Å². The van der Waals surface area contributed by atoms with Gasteiger partial charge in [-0.15, -0.1) is 0 Å². The van der Waals surface area contributed by atoms with Crippen molar-refractivity contribution in [3.8, 4) is 0 Å². The fourth-order valence-corrected chi connectivity index (χ4v) is 3.49. The lowest BCUT2D eigenvalue weighted by molar-refractivity contribution is -0.145. The molecule has 0 saturated carbocycles. The molecule has 4 nitrogen and oxygen atoms in total. The van der Waals surface area contributed by atoms with Crippen molar-refractivity contribution in [3.05, 3.63) is 35.4 Å².